The molecule has 1 heterocycles. The number of benzene rings is 1. The SMILES string of the molecule is CC(=O)O/N=C(/c1ccc(Cl)cc1Cl)N1CCCCC1. The largest absolute Gasteiger partial charge is 0.353 e. The number of rotatable bonds is 2. The quantitative estimate of drug-likeness (QED) is 0.362. The van der Waals surface area contributed by atoms with Crippen LogP contribution in [-0.2, 0) is 9.63 Å². The van der Waals surface area contributed by atoms with Gasteiger partial charge in [-0.1, -0.05) is 28.4 Å². The zero-order chi connectivity index (χ0) is 14.5. The van der Waals surface area contributed by atoms with E-state index in [1.54, 1.807) is 18.2 Å². The summed E-state index contributed by atoms with van der Waals surface area (Å²) in [7, 11) is 0. The maximum absolute atomic E-state index is 11.0. The Balaban J connectivity index is 2.34. The van der Waals surface area contributed by atoms with Crippen LogP contribution in [0.3, 0.4) is 0 Å². The summed E-state index contributed by atoms with van der Waals surface area (Å²) in [6.07, 6.45) is 3.38. The summed E-state index contributed by atoms with van der Waals surface area (Å²) in [6, 6.07) is 5.20. The highest BCUT2D eigenvalue weighted by atomic mass is 35.5. The van der Waals surface area contributed by atoms with E-state index in [2.05, 4.69) is 10.1 Å². The van der Waals surface area contributed by atoms with Gasteiger partial charge in [-0.2, -0.15) is 0 Å². The molecule has 1 fully saturated rings. The first-order valence-electron chi connectivity index (χ1n) is 6.54. The first-order valence-corrected chi connectivity index (χ1v) is 7.29. The number of nitrogens with zero attached hydrogens (tertiary/aromatic N) is 2. The molecule has 4 nitrogen and oxygen atoms in total. The van der Waals surface area contributed by atoms with E-state index in [9.17, 15) is 4.79 Å². The summed E-state index contributed by atoms with van der Waals surface area (Å²) in [5.74, 6) is 0.131. The first-order chi connectivity index (χ1) is 9.58. The number of likely N-dealkylation sites (tertiary alicyclic amines) is 1. The second-order valence-electron chi connectivity index (χ2n) is 4.67. The van der Waals surface area contributed by atoms with E-state index < -0.39 is 5.97 Å². The van der Waals surface area contributed by atoms with Gasteiger partial charge in [0.25, 0.3) is 0 Å². The van der Waals surface area contributed by atoms with E-state index in [0.717, 1.165) is 31.5 Å². The average molecular weight is 315 g/mol. The van der Waals surface area contributed by atoms with Crippen molar-refractivity contribution in [3.63, 3.8) is 0 Å². The van der Waals surface area contributed by atoms with Crippen molar-refractivity contribution in [1.29, 1.82) is 0 Å². The van der Waals surface area contributed by atoms with Crippen molar-refractivity contribution in [2.75, 3.05) is 13.1 Å². The lowest BCUT2D eigenvalue weighted by Gasteiger charge is -2.29. The van der Waals surface area contributed by atoms with E-state index in [1.165, 1.54) is 13.3 Å². The third-order valence-corrected chi connectivity index (χ3v) is 3.64. The van der Waals surface area contributed by atoms with Gasteiger partial charge < -0.3 is 9.74 Å². The highest BCUT2D eigenvalue weighted by molar-refractivity contribution is 6.36. The number of oxime groups is 1. The Hall–Kier alpha value is -1.26. The van der Waals surface area contributed by atoms with Crippen LogP contribution in [0.4, 0.5) is 0 Å². The molecule has 0 unspecified atom stereocenters. The van der Waals surface area contributed by atoms with Gasteiger partial charge in [-0.15, -0.1) is 0 Å². The molecule has 0 atom stereocenters. The fourth-order valence-corrected chi connectivity index (χ4v) is 2.65. The second kappa shape index (κ2) is 6.95. The van der Waals surface area contributed by atoms with E-state index >= 15 is 0 Å². The molecule has 0 spiro atoms. The summed E-state index contributed by atoms with van der Waals surface area (Å²) in [6.45, 7) is 3.07. The number of hydrogen-bond donors (Lipinski definition) is 0. The lowest BCUT2D eigenvalue weighted by molar-refractivity contribution is -0.141. The molecule has 1 aliphatic heterocycles. The molecule has 0 aliphatic carbocycles. The van der Waals surface area contributed by atoms with Crippen LogP contribution in [0.5, 0.6) is 0 Å². The maximum atomic E-state index is 11.0. The van der Waals surface area contributed by atoms with E-state index in [0.29, 0.717) is 15.9 Å². The van der Waals surface area contributed by atoms with Crippen LogP contribution >= 0.6 is 23.2 Å². The monoisotopic (exact) mass is 314 g/mol. The van der Waals surface area contributed by atoms with Gasteiger partial charge in [-0.05, 0) is 37.5 Å². The molecular formula is C14H16Cl2N2O2. The van der Waals surface area contributed by atoms with Gasteiger partial charge >= 0.3 is 5.97 Å². The van der Waals surface area contributed by atoms with Crippen molar-refractivity contribution in [2.45, 2.75) is 26.2 Å². The number of amidine groups is 1. The smallest absolute Gasteiger partial charge is 0.332 e. The van der Waals surface area contributed by atoms with Crippen LogP contribution in [0.15, 0.2) is 23.4 Å². The summed E-state index contributed by atoms with van der Waals surface area (Å²) in [5.41, 5.74) is 0.721. The van der Waals surface area contributed by atoms with Crippen LogP contribution in [0, 0.1) is 0 Å². The Kier molecular flexibility index (Phi) is 5.26. The van der Waals surface area contributed by atoms with Crippen LogP contribution in [0.2, 0.25) is 10.0 Å². The predicted molar refractivity (Wildman–Crippen MR) is 80.2 cm³/mol. The molecule has 0 radical (unpaired) electrons. The minimum Gasteiger partial charge on any atom is -0.353 e. The lowest BCUT2D eigenvalue weighted by atomic mass is 10.1. The van der Waals surface area contributed by atoms with Gasteiger partial charge in [0.1, 0.15) is 0 Å². The molecule has 1 aliphatic rings. The Bertz CT molecular complexity index is 526. The standard InChI is InChI=1S/C14H16Cl2N2O2/c1-10(19)20-17-14(18-7-3-2-4-8-18)12-6-5-11(15)9-13(12)16/h5-6,9H,2-4,7-8H2,1H3/b17-14-. The number of piperidine rings is 1. The van der Waals surface area contributed by atoms with Crippen molar-refractivity contribution >= 4 is 35.0 Å². The Morgan fingerprint density at radius 1 is 1.25 bits per heavy atom. The number of carbonyl (C=O) groups excluding carboxylic acids is 1. The minimum atomic E-state index is -0.454. The normalized spacial score (nSPS) is 16.1. The summed E-state index contributed by atoms with van der Waals surface area (Å²) in [4.78, 5) is 17.9. The minimum absolute atomic E-state index is 0.454. The first kappa shape index (κ1) is 15.1. The van der Waals surface area contributed by atoms with Crippen LogP contribution < -0.4 is 0 Å². The number of hydrogen-bond acceptors (Lipinski definition) is 3. The van der Waals surface area contributed by atoms with Gasteiger partial charge in [0, 0.05) is 30.6 Å². The van der Waals surface area contributed by atoms with Gasteiger partial charge in [-0.3, -0.25) is 0 Å². The molecule has 6 heteroatoms. The molecular weight excluding hydrogens is 299 g/mol. The average Bonchev–Trinajstić information content (AvgIpc) is 2.42. The van der Waals surface area contributed by atoms with Crippen molar-refractivity contribution in [2.24, 2.45) is 5.16 Å². The van der Waals surface area contributed by atoms with Gasteiger partial charge in [0.05, 0.1) is 5.02 Å². The fourth-order valence-electron chi connectivity index (χ4n) is 2.16. The highest BCUT2D eigenvalue weighted by Gasteiger charge is 2.20. The summed E-state index contributed by atoms with van der Waals surface area (Å²) >= 11 is 12.1. The Morgan fingerprint density at radius 3 is 2.55 bits per heavy atom. The molecule has 0 saturated carbocycles. The molecule has 0 N–H and O–H groups in total. The van der Waals surface area contributed by atoms with Gasteiger partial charge in [-0.25, -0.2) is 4.79 Å². The van der Waals surface area contributed by atoms with Crippen LogP contribution in [0.1, 0.15) is 31.7 Å². The van der Waals surface area contributed by atoms with Crippen molar-refractivity contribution in [3.8, 4) is 0 Å². The highest BCUT2D eigenvalue weighted by Crippen LogP contribution is 2.24. The molecule has 0 bridgehead atoms. The Morgan fingerprint density at radius 2 is 1.95 bits per heavy atom. The molecule has 1 saturated heterocycles. The van der Waals surface area contributed by atoms with Crippen molar-refractivity contribution in [1.82, 2.24) is 4.90 Å². The predicted octanol–water partition coefficient (Wildman–Crippen LogP) is 3.70. The number of carbonyl (C=O) groups is 1. The molecule has 0 aromatic heterocycles. The Labute approximate surface area is 128 Å². The summed E-state index contributed by atoms with van der Waals surface area (Å²) in [5, 5.41) is 5.03. The molecule has 108 valence electrons. The molecule has 1 aromatic carbocycles. The van der Waals surface area contributed by atoms with Crippen LogP contribution in [0.25, 0.3) is 0 Å². The van der Waals surface area contributed by atoms with Crippen LogP contribution in [-0.4, -0.2) is 29.8 Å². The van der Waals surface area contributed by atoms with E-state index in [4.69, 9.17) is 28.0 Å². The molecule has 1 aromatic rings. The van der Waals surface area contributed by atoms with Gasteiger partial charge in [0.15, 0.2) is 5.84 Å². The van der Waals surface area contributed by atoms with E-state index in [-0.39, 0.29) is 0 Å². The maximum Gasteiger partial charge on any atom is 0.332 e. The number of halogens is 2. The van der Waals surface area contributed by atoms with E-state index in [1.807, 2.05) is 0 Å². The van der Waals surface area contributed by atoms with Crippen molar-refractivity contribution in [3.05, 3.63) is 33.8 Å². The third kappa shape index (κ3) is 3.87. The molecule has 20 heavy (non-hydrogen) atoms. The zero-order valence-electron chi connectivity index (χ0n) is 11.2. The molecule has 2 rings (SSSR count). The lowest BCUT2D eigenvalue weighted by Crippen LogP contribution is -2.36. The zero-order valence-corrected chi connectivity index (χ0v) is 12.7. The summed E-state index contributed by atoms with van der Waals surface area (Å²) < 4.78 is 0. The van der Waals surface area contributed by atoms with Crippen molar-refractivity contribution < 1.29 is 9.63 Å². The molecule has 0 amide bonds. The van der Waals surface area contributed by atoms with Gasteiger partial charge in [0.2, 0.25) is 0 Å². The topological polar surface area (TPSA) is 41.9 Å². The third-order valence-electron chi connectivity index (χ3n) is 3.09. The second-order valence-corrected chi connectivity index (χ2v) is 5.51. The fraction of sp³-hybridized carbons (Fsp3) is 0.429.